The van der Waals surface area contributed by atoms with Crippen LogP contribution in [0.15, 0.2) is 24.3 Å². The topological polar surface area (TPSA) is 81.1 Å². The molecule has 0 aromatic heterocycles. The van der Waals surface area contributed by atoms with E-state index in [4.69, 9.17) is 0 Å². The third-order valence-electron chi connectivity index (χ3n) is 4.00. The molecule has 1 aromatic rings. The van der Waals surface area contributed by atoms with E-state index in [0.29, 0.717) is 0 Å². The van der Waals surface area contributed by atoms with Crippen molar-refractivity contribution in [2.45, 2.75) is 39.1 Å². The number of amides is 1. The standard InChI is InChI=1S/C17H29N2O4P/c1-6-14-8-7-9-15(10-14)11-19(22)17(21)13(2)18(3)16(20)12-24(4,5)23/h7-10,13,17,21-22H,6,11-12H2,1-5H3. The second kappa shape index (κ2) is 8.77. The van der Waals surface area contributed by atoms with E-state index in [1.807, 2.05) is 31.2 Å². The van der Waals surface area contributed by atoms with Gasteiger partial charge in [-0.25, -0.2) is 0 Å². The number of hydroxylamine groups is 2. The van der Waals surface area contributed by atoms with E-state index in [-0.39, 0.29) is 18.6 Å². The van der Waals surface area contributed by atoms with Gasteiger partial charge < -0.3 is 19.8 Å². The van der Waals surface area contributed by atoms with Crippen LogP contribution in [-0.4, -0.2) is 65.0 Å². The van der Waals surface area contributed by atoms with Gasteiger partial charge in [0, 0.05) is 7.05 Å². The number of aryl methyl sites for hydroxylation is 1. The Morgan fingerprint density at radius 2 is 1.88 bits per heavy atom. The van der Waals surface area contributed by atoms with Crippen LogP contribution in [0.2, 0.25) is 0 Å². The van der Waals surface area contributed by atoms with Crippen LogP contribution in [-0.2, 0) is 22.3 Å². The Kier molecular flexibility index (Phi) is 7.61. The summed E-state index contributed by atoms with van der Waals surface area (Å²) >= 11 is 0. The van der Waals surface area contributed by atoms with Gasteiger partial charge in [0.2, 0.25) is 5.91 Å². The first-order valence-corrected chi connectivity index (χ1v) is 10.8. The third kappa shape index (κ3) is 6.36. The number of rotatable bonds is 8. The van der Waals surface area contributed by atoms with Crippen LogP contribution >= 0.6 is 7.14 Å². The lowest BCUT2D eigenvalue weighted by Gasteiger charge is -2.33. The van der Waals surface area contributed by atoms with E-state index in [9.17, 15) is 19.7 Å². The SMILES string of the molecule is CCc1cccc(CN(O)C(O)C(C)N(C)C(=O)CP(C)(C)=O)c1. The molecule has 0 saturated carbocycles. The fourth-order valence-corrected chi connectivity index (χ4v) is 3.22. The van der Waals surface area contributed by atoms with Crippen molar-refractivity contribution in [1.82, 2.24) is 9.96 Å². The molecule has 1 rings (SSSR count). The van der Waals surface area contributed by atoms with E-state index in [1.165, 1.54) is 11.9 Å². The molecule has 7 heteroatoms. The summed E-state index contributed by atoms with van der Waals surface area (Å²) in [5.74, 6) is -0.309. The minimum Gasteiger partial charge on any atom is -0.374 e. The van der Waals surface area contributed by atoms with Gasteiger partial charge in [-0.15, -0.1) is 0 Å². The lowest BCUT2D eigenvalue weighted by molar-refractivity contribution is -0.221. The molecule has 2 unspecified atom stereocenters. The summed E-state index contributed by atoms with van der Waals surface area (Å²) in [6.07, 6.45) is -0.397. The number of carbonyl (C=O) groups is 1. The predicted octanol–water partition coefficient (Wildman–Crippen LogP) is 2.23. The van der Waals surface area contributed by atoms with Crippen LogP contribution < -0.4 is 0 Å². The highest BCUT2D eigenvalue weighted by molar-refractivity contribution is 7.63. The Morgan fingerprint density at radius 1 is 1.29 bits per heavy atom. The van der Waals surface area contributed by atoms with Crippen molar-refractivity contribution >= 4 is 13.0 Å². The molecule has 0 aliphatic heterocycles. The van der Waals surface area contributed by atoms with Gasteiger partial charge in [0.05, 0.1) is 25.9 Å². The molecule has 1 amide bonds. The first kappa shape index (κ1) is 20.8. The lowest BCUT2D eigenvalue weighted by Crippen LogP contribution is -2.50. The highest BCUT2D eigenvalue weighted by atomic mass is 31.2. The zero-order valence-electron chi connectivity index (χ0n) is 15.1. The minimum atomic E-state index is -2.48. The molecule has 0 bridgehead atoms. The fraction of sp³-hybridized carbons (Fsp3) is 0.588. The van der Waals surface area contributed by atoms with E-state index in [0.717, 1.165) is 22.6 Å². The Morgan fingerprint density at radius 3 is 2.42 bits per heavy atom. The molecule has 136 valence electrons. The van der Waals surface area contributed by atoms with E-state index in [2.05, 4.69) is 0 Å². The number of hydrogen-bond acceptors (Lipinski definition) is 5. The van der Waals surface area contributed by atoms with Gasteiger partial charge >= 0.3 is 0 Å². The molecule has 2 N–H and O–H groups in total. The molecule has 0 aliphatic rings. The molecule has 2 atom stereocenters. The van der Waals surface area contributed by atoms with Gasteiger partial charge in [-0.1, -0.05) is 31.2 Å². The monoisotopic (exact) mass is 356 g/mol. The van der Waals surface area contributed by atoms with Crippen LogP contribution in [0.5, 0.6) is 0 Å². The molecule has 0 radical (unpaired) electrons. The summed E-state index contributed by atoms with van der Waals surface area (Å²) < 4.78 is 11.8. The molecule has 0 spiro atoms. The summed E-state index contributed by atoms with van der Waals surface area (Å²) in [5, 5.41) is 21.3. The number of nitrogens with zero attached hydrogens (tertiary/aromatic N) is 2. The lowest BCUT2D eigenvalue weighted by atomic mass is 10.1. The first-order valence-electron chi connectivity index (χ1n) is 8.06. The highest BCUT2D eigenvalue weighted by Gasteiger charge is 2.28. The van der Waals surface area contributed by atoms with Crippen molar-refractivity contribution in [3.8, 4) is 0 Å². The quantitative estimate of drug-likeness (QED) is 0.424. The Balaban J connectivity index is 2.71. The summed E-state index contributed by atoms with van der Waals surface area (Å²) in [6, 6.07) is 7.13. The molecule has 0 heterocycles. The van der Waals surface area contributed by atoms with Crippen LogP contribution in [0.3, 0.4) is 0 Å². The van der Waals surface area contributed by atoms with Crippen LogP contribution in [0.1, 0.15) is 25.0 Å². The minimum absolute atomic E-state index is 0.0511. The van der Waals surface area contributed by atoms with Gasteiger partial charge in [-0.3, -0.25) is 4.79 Å². The number of carbonyl (C=O) groups excluding carboxylic acids is 1. The van der Waals surface area contributed by atoms with Crippen LogP contribution in [0.25, 0.3) is 0 Å². The van der Waals surface area contributed by atoms with Gasteiger partial charge in [0.15, 0.2) is 0 Å². The summed E-state index contributed by atoms with van der Waals surface area (Å²) in [4.78, 5) is 13.4. The van der Waals surface area contributed by atoms with Gasteiger partial charge in [-0.05, 0) is 37.8 Å². The van der Waals surface area contributed by atoms with Gasteiger partial charge in [-0.2, -0.15) is 5.06 Å². The predicted molar refractivity (Wildman–Crippen MR) is 95.7 cm³/mol. The maximum Gasteiger partial charge on any atom is 0.230 e. The van der Waals surface area contributed by atoms with Crippen LogP contribution in [0, 0.1) is 0 Å². The maximum atomic E-state index is 12.1. The van der Waals surface area contributed by atoms with Crippen molar-refractivity contribution in [3.05, 3.63) is 35.4 Å². The first-order chi connectivity index (χ1) is 11.0. The fourth-order valence-electron chi connectivity index (χ4n) is 2.34. The number of aliphatic hydroxyl groups is 1. The molecule has 0 aliphatic carbocycles. The van der Waals surface area contributed by atoms with Crippen molar-refractivity contribution in [1.29, 1.82) is 0 Å². The summed E-state index contributed by atoms with van der Waals surface area (Å²) in [6.45, 7) is 6.96. The molecule has 6 nitrogen and oxygen atoms in total. The normalized spacial score (nSPS) is 14.5. The van der Waals surface area contributed by atoms with E-state index in [1.54, 1.807) is 20.3 Å². The van der Waals surface area contributed by atoms with E-state index >= 15 is 0 Å². The Hall–Kier alpha value is -1.20. The molecular weight excluding hydrogens is 327 g/mol. The molecule has 0 fully saturated rings. The number of likely N-dealkylation sites (N-methyl/N-ethyl adjacent to an activating group) is 1. The Bertz CT molecular complexity index is 602. The largest absolute Gasteiger partial charge is 0.374 e. The summed E-state index contributed by atoms with van der Waals surface area (Å²) in [5.41, 5.74) is 2.03. The second-order valence-corrected chi connectivity index (χ2v) is 10.1. The van der Waals surface area contributed by atoms with Crippen LogP contribution in [0.4, 0.5) is 0 Å². The zero-order valence-corrected chi connectivity index (χ0v) is 16.0. The van der Waals surface area contributed by atoms with Crippen molar-refractivity contribution in [2.24, 2.45) is 0 Å². The molecule has 1 aromatic carbocycles. The zero-order chi connectivity index (χ0) is 18.5. The van der Waals surface area contributed by atoms with Crippen molar-refractivity contribution in [2.75, 3.05) is 26.5 Å². The van der Waals surface area contributed by atoms with Gasteiger partial charge in [0.25, 0.3) is 0 Å². The van der Waals surface area contributed by atoms with E-state index < -0.39 is 19.4 Å². The molecular formula is C17H29N2O4P. The highest BCUT2D eigenvalue weighted by Crippen LogP contribution is 2.35. The second-order valence-electron chi connectivity index (χ2n) is 6.66. The third-order valence-corrected chi connectivity index (χ3v) is 5.03. The smallest absolute Gasteiger partial charge is 0.230 e. The Labute approximate surface area is 144 Å². The average Bonchev–Trinajstić information content (AvgIpc) is 2.51. The molecule has 24 heavy (non-hydrogen) atoms. The van der Waals surface area contributed by atoms with Crippen molar-refractivity contribution < 1.29 is 19.7 Å². The van der Waals surface area contributed by atoms with Gasteiger partial charge in [0.1, 0.15) is 6.23 Å². The maximum absolute atomic E-state index is 12.1. The summed E-state index contributed by atoms with van der Waals surface area (Å²) in [7, 11) is -0.943. The van der Waals surface area contributed by atoms with Crippen molar-refractivity contribution in [3.63, 3.8) is 0 Å². The number of aliphatic hydroxyl groups excluding tert-OH is 1. The average molecular weight is 356 g/mol. The number of benzene rings is 1. The molecule has 0 saturated heterocycles. The number of hydrogen-bond donors (Lipinski definition) is 2.